The van der Waals surface area contributed by atoms with E-state index in [1.54, 1.807) is 0 Å². The van der Waals surface area contributed by atoms with Crippen LogP contribution in [0.25, 0.3) is 84.4 Å². The fourth-order valence-electron chi connectivity index (χ4n) is 11.6. The molecule has 0 saturated heterocycles. The molecule has 0 fully saturated rings. The molecule has 0 atom stereocenters. The Bertz CT molecular complexity index is 3720. The van der Waals surface area contributed by atoms with E-state index in [4.69, 9.17) is 4.42 Å². The number of fused-ring (bicyclic) bond motifs is 17. The SMILES string of the molecule is Cc1cc2c(cc1N1c3cc4c(cc3B3c5c1cc1c(oc6ccccc61)c5-c1cccc5c6c7ccccc7sc6n3c15)sc1ccccc14)C(C)(C)CCC2(C)C. The van der Waals surface area contributed by atoms with Gasteiger partial charge in [-0.1, -0.05) is 107 Å². The highest BCUT2D eigenvalue weighted by atomic mass is 32.1. The lowest BCUT2D eigenvalue weighted by atomic mass is 9.45. The molecule has 2 aliphatic heterocycles. The van der Waals surface area contributed by atoms with Crippen molar-refractivity contribution in [3.63, 3.8) is 0 Å². The number of hydrogen-bond acceptors (Lipinski definition) is 4. The van der Waals surface area contributed by atoms with Crippen molar-refractivity contribution in [3.05, 3.63) is 138 Å². The first kappa shape index (κ1) is 33.1. The lowest BCUT2D eigenvalue weighted by Crippen LogP contribution is -2.56. The minimum Gasteiger partial charge on any atom is -0.455 e. The number of thiophene rings is 2. The topological polar surface area (TPSA) is 21.3 Å². The highest BCUT2D eigenvalue weighted by Crippen LogP contribution is 2.54. The van der Waals surface area contributed by atoms with Crippen LogP contribution in [0.4, 0.5) is 17.1 Å². The van der Waals surface area contributed by atoms with Gasteiger partial charge in [0.15, 0.2) is 0 Å². The van der Waals surface area contributed by atoms with Crippen LogP contribution in [0.3, 0.4) is 0 Å². The molecule has 3 nitrogen and oxygen atoms in total. The van der Waals surface area contributed by atoms with E-state index in [2.05, 4.69) is 165 Å². The highest BCUT2D eigenvalue weighted by Gasteiger charge is 2.46. The summed E-state index contributed by atoms with van der Waals surface area (Å²) in [6.45, 7) is 12.1. The maximum Gasteiger partial charge on any atom is 0.333 e. The summed E-state index contributed by atoms with van der Waals surface area (Å²) in [5.74, 6) is 0. The molecule has 59 heavy (non-hydrogen) atoms. The molecule has 0 N–H and O–H groups in total. The summed E-state index contributed by atoms with van der Waals surface area (Å²) in [7, 11) is 0. The molecule has 282 valence electrons. The van der Waals surface area contributed by atoms with E-state index in [1.165, 1.54) is 125 Å². The van der Waals surface area contributed by atoms with Gasteiger partial charge in [0.1, 0.15) is 11.2 Å². The van der Waals surface area contributed by atoms with Crippen LogP contribution in [0, 0.1) is 6.92 Å². The second kappa shape index (κ2) is 10.9. The summed E-state index contributed by atoms with van der Waals surface area (Å²) >= 11 is 3.86. The van der Waals surface area contributed by atoms with Crippen molar-refractivity contribution in [2.45, 2.75) is 58.3 Å². The first-order valence-corrected chi connectivity index (χ1v) is 22.6. The molecule has 3 aliphatic rings. The van der Waals surface area contributed by atoms with Gasteiger partial charge in [0.2, 0.25) is 0 Å². The molecule has 0 bridgehead atoms. The molecule has 6 heteroatoms. The van der Waals surface area contributed by atoms with Gasteiger partial charge in [-0.25, -0.2) is 0 Å². The second-order valence-corrected chi connectivity index (χ2v) is 20.8. The number of rotatable bonds is 1. The third-order valence-electron chi connectivity index (χ3n) is 14.5. The van der Waals surface area contributed by atoms with Crippen LogP contribution in [-0.2, 0) is 10.8 Å². The van der Waals surface area contributed by atoms with E-state index in [1.807, 2.05) is 22.7 Å². The predicted molar refractivity (Wildman–Crippen MR) is 256 cm³/mol. The van der Waals surface area contributed by atoms with Crippen molar-refractivity contribution in [1.29, 1.82) is 0 Å². The van der Waals surface area contributed by atoms with Crippen LogP contribution >= 0.6 is 22.7 Å². The van der Waals surface area contributed by atoms with Crippen molar-refractivity contribution >= 4 is 131 Å². The van der Waals surface area contributed by atoms with Gasteiger partial charge >= 0.3 is 6.85 Å². The van der Waals surface area contributed by atoms with Crippen LogP contribution in [-0.4, -0.2) is 11.3 Å². The molecule has 0 saturated carbocycles. The first-order valence-electron chi connectivity index (χ1n) is 21.0. The van der Waals surface area contributed by atoms with Crippen LogP contribution in [0.1, 0.15) is 57.2 Å². The maximum atomic E-state index is 7.06. The largest absolute Gasteiger partial charge is 0.455 e. The van der Waals surface area contributed by atoms with Crippen molar-refractivity contribution in [1.82, 2.24) is 4.48 Å². The molecule has 7 aromatic carbocycles. The summed E-state index contributed by atoms with van der Waals surface area (Å²) in [5.41, 5.74) is 16.6. The zero-order chi connectivity index (χ0) is 39.3. The minimum atomic E-state index is -0.0604. The summed E-state index contributed by atoms with van der Waals surface area (Å²) in [5, 5.41) is 9.00. The molecular formula is C53H39BN2OS2. The fraction of sp³-hybridized carbons (Fsp3) is 0.170. The van der Waals surface area contributed by atoms with E-state index in [0.29, 0.717) is 0 Å². The molecule has 1 aliphatic carbocycles. The molecule has 6 heterocycles. The quantitative estimate of drug-likeness (QED) is 0.154. The predicted octanol–water partition coefficient (Wildman–Crippen LogP) is 14.4. The number of anilines is 3. The first-order chi connectivity index (χ1) is 28.7. The Morgan fingerprint density at radius 3 is 2.08 bits per heavy atom. The van der Waals surface area contributed by atoms with E-state index in [0.717, 1.165) is 16.6 Å². The van der Waals surface area contributed by atoms with Gasteiger partial charge in [-0.2, -0.15) is 0 Å². The fourth-order valence-corrected chi connectivity index (χ4v) is 13.9. The molecule has 14 rings (SSSR count). The number of para-hydroxylation sites is 2. The summed E-state index contributed by atoms with van der Waals surface area (Å²) in [6, 6.07) is 46.3. The van der Waals surface area contributed by atoms with Crippen molar-refractivity contribution in [2.75, 3.05) is 4.90 Å². The van der Waals surface area contributed by atoms with E-state index in [9.17, 15) is 0 Å². The highest BCUT2D eigenvalue weighted by molar-refractivity contribution is 7.26. The zero-order valence-electron chi connectivity index (χ0n) is 33.7. The van der Waals surface area contributed by atoms with Gasteiger partial charge in [0, 0.05) is 85.5 Å². The standard InChI is InChI=1S/C53H39BN2OS2/c1-28-23-36-37(53(4,5)22-21-52(36,2)3)26-39(28)55-40-24-34-30-14-7-10-19-43(30)58-45(34)27-38(40)54-48-41(55)25-35-29-13-6-9-18-42(29)57-50(35)47(48)33-17-12-16-32-46-31-15-8-11-20-44(31)59-51(46)56(54)49(32)33/h6-20,23-27H,21-22H2,1-5H3. The minimum absolute atomic E-state index is 0.0604. The molecule has 0 amide bonds. The molecule has 0 spiro atoms. The molecule has 0 unspecified atom stereocenters. The van der Waals surface area contributed by atoms with Gasteiger partial charge in [-0.3, -0.25) is 0 Å². The van der Waals surface area contributed by atoms with E-state index < -0.39 is 0 Å². The monoisotopic (exact) mass is 794 g/mol. The molecule has 0 radical (unpaired) electrons. The lowest BCUT2D eigenvalue weighted by Gasteiger charge is -2.44. The van der Waals surface area contributed by atoms with E-state index >= 15 is 0 Å². The third-order valence-corrected chi connectivity index (χ3v) is 16.8. The van der Waals surface area contributed by atoms with Gasteiger partial charge in [-0.15, -0.1) is 22.7 Å². The smallest absolute Gasteiger partial charge is 0.333 e. The number of aryl methyl sites for hydroxylation is 1. The average Bonchev–Trinajstić information content (AvgIpc) is 3.99. The lowest BCUT2D eigenvalue weighted by molar-refractivity contribution is 0.332. The molecule has 4 aromatic heterocycles. The Labute approximate surface area is 350 Å². The Morgan fingerprint density at radius 2 is 1.27 bits per heavy atom. The number of nitrogens with zero attached hydrogens (tertiary/aromatic N) is 2. The summed E-state index contributed by atoms with van der Waals surface area (Å²) in [4.78, 5) is 4.01. The summed E-state index contributed by atoms with van der Waals surface area (Å²) < 4.78 is 13.8. The zero-order valence-corrected chi connectivity index (χ0v) is 35.3. The Balaban J connectivity index is 1.21. The van der Waals surface area contributed by atoms with Gasteiger partial charge in [-0.05, 0) is 101 Å². The van der Waals surface area contributed by atoms with Crippen LogP contribution < -0.4 is 15.8 Å². The van der Waals surface area contributed by atoms with Gasteiger partial charge < -0.3 is 13.8 Å². The Hall–Kier alpha value is -5.82. The number of hydrogen-bond donors (Lipinski definition) is 0. The van der Waals surface area contributed by atoms with Crippen molar-refractivity contribution in [2.24, 2.45) is 0 Å². The maximum absolute atomic E-state index is 7.06. The van der Waals surface area contributed by atoms with Gasteiger partial charge in [0.05, 0.1) is 4.83 Å². The summed E-state index contributed by atoms with van der Waals surface area (Å²) in [6.07, 6.45) is 2.36. The van der Waals surface area contributed by atoms with Crippen molar-refractivity contribution in [3.8, 4) is 11.1 Å². The number of benzene rings is 7. The Kier molecular flexibility index (Phi) is 6.09. The van der Waals surface area contributed by atoms with E-state index in [-0.39, 0.29) is 17.7 Å². The Morgan fingerprint density at radius 1 is 0.593 bits per heavy atom. The van der Waals surface area contributed by atoms with Crippen LogP contribution in [0.2, 0.25) is 0 Å². The van der Waals surface area contributed by atoms with Crippen molar-refractivity contribution < 1.29 is 4.42 Å². The second-order valence-electron chi connectivity index (χ2n) is 18.7. The molecule has 11 aromatic rings. The number of furan rings is 1. The van der Waals surface area contributed by atoms with Gasteiger partial charge in [0.25, 0.3) is 0 Å². The van der Waals surface area contributed by atoms with Crippen LogP contribution in [0.5, 0.6) is 0 Å². The third kappa shape index (κ3) is 4.05. The number of aromatic nitrogens is 1. The van der Waals surface area contributed by atoms with Crippen LogP contribution in [0.15, 0.2) is 126 Å². The average molecular weight is 795 g/mol. The normalized spacial score (nSPS) is 16.3. The molecular weight excluding hydrogens is 756 g/mol.